The average Bonchev–Trinajstić information content (AvgIpc) is 3.05. The third kappa shape index (κ3) is 2.26. The number of hydrogen-bond acceptors (Lipinski definition) is 4. The normalized spacial score (nSPS) is 16.3. The van der Waals surface area contributed by atoms with E-state index < -0.39 is 0 Å². The molecule has 3 aromatic rings. The molecule has 1 fully saturated rings. The van der Waals surface area contributed by atoms with Gasteiger partial charge < -0.3 is 4.90 Å². The summed E-state index contributed by atoms with van der Waals surface area (Å²) in [5.41, 5.74) is 1.80. The number of nitrogens with zero attached hydrogens (tertiary/aromatic N) is 3. The second-order valence-corrected chi connectivity index (χ2v) is 5.69. The van der Waals surface area contributed by atoms with Gasteiger partial charge in [0.25, 0.3) is 5.56 Å². The van der Waals surface area contributed by atoms with E-state index in [1.807, 2.05) is 6.07 Å². The summed E-state index contributed by atoms with van der Waals surface area (Å²) in [4.78, 5) is 21.5. The van der Waals surface area contributed by atoms with Gasteiger partial charge in [0.15, 0.2) is 5.65 Å². The molecule has 0 amide bonds. The van der Waals surface area contributed by atoms with Crippen molar-refractivity contribution < 1.29 is 0 Å². The van der Waals surface area contributed by atoms with Crippen LogP contribution in [0.2, 0.25) is 0 Å². The van der Waals surface area contributed by atoms with E-state index in [4.69, 9.17) is 0 Å². The number of aromatic amines is 2. The minimum Gasteiger partial charge on any atom is -0.342 e. The van der Waals surface area contributed by atoms with E-state index >= 15 is 0 Å². The van der Waals surface area contributed by atoms with E-state index in [-0.39, 0.29) is 5.56 Å². The van der Waals surface area contributed by atoms with Crippen molar-refractivity contribution in [2.24, 2.45) is 0 Å². The standard InChI is InChI=1S/C16H17N5O/c22-15-13-10-17-20-14(13)18-16(19-15)21-8-6-12(7-9-21)11-4-2-1-3-5-11/h1-5,10,12H,6-9H2,(H2,17,18,19,20,22). The number of piperidine rings is 1. The Balaban J connectivity index is 1.54. The number of rotatable bonds is 2. The van der Waals surface area contributed by atoms with Crippen LogP contribution in [0.5, 0.6) is 0 Å². The van der Waals surface area contributed by atoms with Crippen molar-refractivity contribution in [2.75, 3.05) is 18.0 Å². The molecular weight excluding hydrogens is 278 g/mol. The molecule has 2 N–H and O–H groups in total. The van der Waals surface area contributed by atoms with Gasteiger partial charge in [-0.25, -0.2) is 0 Å². The van der Waals surface area contributed by atoms with Crippen molar-refractivity contribution >= 4 is 17.0 Å². The maximum absolute atomic E-state index is 12.0. The van der Waals surface area contributed by atoms with Crippen LogP contribution in [0.15, 0.2) is 41.3 Å². The highest BCUT2D eigenvalue weighted by Gasteiger charge is 2.22. The minimum atomic E-state index is -0.140. The summed E-state index contributed by atoms with van der Waals surface area (Å²) in [5, 5.41) is 7.14. The fourth-order valence-electron chi connectivity index (χ4n) is 3.13. The van der Waals surface area contributed by atoms with Crippen LogP contribution in [0.25, 0.3) is 11.0 Å². The molecule has 4 rings (SSSR count). The average molecular weight is 295 g/mol. The molecule has 6 nitrogen and oxygen atoms in total. The zero-order valence-corrected chi connectivity index (χ0v) is 12.1. The number of nitrogens with one attached hydrogen (secondary N) is 2. The molecule has 22 heavy (non-hydrogen) atoms. The van der Waals surface area contributed by atoms with Crippen molar-refractivity contribution in [3.05, 3.63) is 52.4 Å². The predicted molar refractivity (Wildman–Crippen MR) is 85.1 cm³/mol. The molecule has 0 saturated carbocycles. The molecule has 112 valence electrons. The van der Waals surface area contributed by atoms with Gasteiger partial charge in [-0.3, -0.25) is 14.9 Å². The molecule has 0 unspecified atom stereocenters. The maximum Gasteiger partial charge on any atom is 0.263 e. The Kier molecular flexibility index (Phi) is 3.14. The van der Waals surface area contributed by atoms with Gasteiger partial charge in [-0.15, -0.1) is 0 Å². The van der Waals surface area contributed by atoms with Crippen LogP contribution in [-0.4, -0.2) is 33.3 Å². The van der Waals surface area contributed by atoms with Crippen LogP contribution < -0.4 is 10.5 Å². The summed E-state index contributed by atoms with van der Waals surface area (Å²) in [6.07, 6.45) is 3.63. The molecule has 0 bridgehead atoms. The van der Waals surface area contributed by atoms with Crippen LogP contribution in [0.4, 0.5) is 5.95 Å². The molecule has 3 heterocycles. The van der Waals surface area contributed by atoms with Crippen LogP contribution in [0.1, 0.15) is 24.3 Å². The Hall–Kier alpha value is -2.63. The first-order valence-corrected chi connectivity index (χ1v) is 7.54. The summed E-state index contributed by atoms with van der Waals surface area (Å²) in [7, 11) is 0. The summed E-state index contributed by atoms with van der Waals surface area (Å²) >= 11 is 0. The molecule has 1 aliphatic rings. The van der Waals surface area contributed by atoms with Crippen LogP contribution in [-0.2, 0) is 0 Å². The van der Waals surface area contributed by atoms with Crippen molar-refractivity contribution in [3.63, 3.8) is 0 Å². The summed E-state index contributed by atoms with van der Waals surface area (Å²) in [6, 6.07) is 10.6. The molecule has 0 radical (unpaired) electrons. The quantitative estimate of drug-likeness (QED) is 0.758. The Labute approximate surface area is 127 Å². The van der Waals surface area contributed by atoms with Gasteiger partial charge in [-0.05, 0) is 24.3 Å². The zero-order valence-electron chi connectivity index (χ0n) is 12.1. The van der Waals surface area contributed by atoms with E-state index in [2.05, 4.69) is 49.3 Å². The van der Waals surface area contributed by atoms with Gasteiger partial charge in [0.05, 0.1) is 6.20 Å². The number of H-pyrrole nitrogens is 2. The fraction of sp³-hybridized carbons (Fsp3) is 0.312. The highest BCUT2D eigenvalue weighted by atomic mass is 16.1. The second-order valence-electron chi connectivity index (χ2n) is 5.69. The Morgan fingerprint density at radius 1 is 1.14 bits per heavy atom. The number of anilines is 1. The highest BCUT2D eigenvalue weighted by Crippen LogP contribution is 2.29. The third-order valence-corrected chi connectivity index (χ3v) is 4.37. The highest BCUT2D eigenvalue weighted by molar-refractivity contribution is 5.73. The lowest BCUT2D eigenvalue weighted by atomic mass is 9.90. The van der Waals surface area contributed by atoms with Crippen molar-refractivity contribution in [2.45, 2.75) is 18.8 Å². The lowest BCUT2D eigenvalue weighted by Gasteiger charge is -2.32. The van der Waals surface area contributed by atoms with E-state index in [9.17, 15) is 4.79 Å². The van der Waals surface area contributed by atoms with E-state index in [1.54, 1.807) is 0 Å². The van der Waals surface area contributed by atoms with E-state index in [1.165, 1.54) is 11.8 Å². The number of benzene rings is 1. The van der Waals surface area contributed by atoms with Crippen molar-refractivity contribution in [1.29, 1.82) is 0 Å². The number of hydrogen-bond donors (Lipinski definition) is 2. The molecule has 0 aliphatic carbocycles. The number of aromatic nitrogens is 4. The SMILES string of the molecule is O=c1[nH]c(N2CCC(c3ccccc3)CC2)nc2[nH]ncc12. The Morgan fingerprint density at radius 3 is 2.68 bits per heavy atom. The van der Waals surface area contributed by atoms with Gasteiger partial charge in [0, 0.05) is 13.1 Å². The Morgan fingerprint density at radius 2 is 1.91 bits per heavy atom. The maximum atomic E-state index is 12.0. The summed E-state index contributed by atoms with van der Waals surface area (Å²) < 4.78 is 0. The van der Waals surface area contributed by atoms with E-state index in [0.717, 1.165) is 25.9 Å². The monoisotopic (exact) mass is 295 g/mol. The largest absolute Gasteiger partial charge is 0.342 e. The molecule has 0 atom stereocenters. The minimum absolute atomic E-state index is 0.140. The smallest absolute Gasteiger partial charge is 0.263 e. The number of fused-ring (bicyclic) bond motifs is 1. The lowest BCUT2D eigenvalue weighted by Crippen LogP contribution is -2.35. The topological polar surface area (TPSA) is 77.7 Å². The summed E-state index contributed by atoms with van der Waals surface area (Å²) in [5.74, 6) is 1.22. The molecule has 0 spiro atoms. The zero-order chi connectivity index (χ0) is 14.9. The fourth-order valence-corrected chi connectivity index (χ4v) is 3.13. The second kappa shape index (κ2) is 5.29. The van der Waals surface area contributed by atoms with Gasteiger partial charge >= 0.3 is 0 Å². The van der Waals surface area contributed by atoms with Gasteiger partial charge in [-0.2, -0.15) is 10.1 Å². The van der Waals surface area contributed by atoms with Crippen LogP contribution >= 0.6 is 0 Å². The first kappa shape index (κ1) is 13.1. The van der Waals surface area contributed by atoms with Crippen LogP contribution in [0, 0.1) is 0 Å². The van der Waals surface area contributed by atoms with Gasteiger partial charge in [0.1, 0.15) is 5.39 Å². The molecule has 6 heteroatoms. The predicted octanol–water partition coefficient (Wildman–Crippen LogP) is 2.03. The lowest BCUT2D eigenvalue weighted by molar-refractivity contribution is 0.499. The van der Waals surface area contributed by atoms with Crippen molar-refractivity contribution in [3.8, 4) is 0 Å². The van der Waals surface area contributed by atoms with Crippen molar-refractivity contribution in [1.82, 2.24) is 20.2 Å². The first-order chi connectivity index (χ1) is 10.8. The van der Waals surface area contributed by atoms with Crippen LogP contribution in [0.3, 0.4) is 0 Å². The molecule has 2 aromatic heterocycles. The molecule has 1 saturated heterocycles. The molecule has 1 aromatic carbocycles. The Bertz CT molecular complexity index is 830. The van der Waals surface area contributed by atoms with E-state index in [0.29, 0.717) is 22.9 Å². The first-order valence-electron chi connectivity index (χ1n) is 7.54. The summed E-state index contributed by atoms with van der Waals surface area (Å²) in [6.45, 7) is 1.78. The van der Waals surface area contributed by atoms with Gasteiger partial charge in [0.2, 0.25) is 5.95 Å². The molecular formula is C16H17N5O. The van der Waals surface area contributed by atoms with Gasteiger partial charge in [-0.1, -0.05) is 30.3 Å². The third-order valence-electron chi connectivity index (χ3n) is 4.37. The molecule has 1 aliphatic heterocycles.